The van der Waals surface area contributed by atoms with E-state index in [2.05, 4.69) is 10.3 Å². The van der Waals surface area contributed by atoms with Gasteiger partial charge in [0, 0.05) is 26.8 Å². The lowest BCUT2D eigenvalue weighted by atomic mass is 10.1. The van der Waals surface area contributed by atoms with Gasteiger partial charge in [-0.25, -0.2) is 17.7 Å². The molecule has 18 heavy (non-hydrogen) atoms. The highest BCUT2D eigenvalue weighted by atomic mass is 32.2. The van der Waals surface area contributed by atoms with Gasteiger partial charge in [-0.1, -0.05) is 20.3 Å². The fourth-order valence-corrected chi connectivity index (χ4v) is 2.76. The summed E-state index contributed by atoms with van der Waals surface area (Å²) in [4.78, 5) is 4.26. The van der Waals surface area contributed by atoms with Crippen molar-refractivity contribution in [2.45, 2.75) is 25.2 Å². The van der Waals surface area contributed by atoms with Gasteiger partial charge in [-0.05, 0) is 18.1 Å². The number of sulfonamides is 1. The van der Waals surface area contributed by atoms with Crippen molar-refractivity contribution >= 4 is 15.8 Å². The van der Waals surface area contributed by atoms with Gasteiger partial charge in [0.15, 0.2) is 0 Å². The third-order valence-corrected chi connectivity index (χ3v) is 4.77. The number of pyridine rings is 1. The van der Waals surface area contributed by atoms with Crippen LogP contribution in [-0.2, 0) is 10.0 Å². The lowest BCUT2D eigenvalue weighted by molar-refractivity contribution is 0.393. The molecule has 1 atom stereocenters. The minimum Gasteiger partial charge on any atom is -0.373 e. The molecule has 0 radical (unpaired) electrons. The van der Waals surface area contributed by atoms with Gasteiger partial charge in [0.05, 0.1) is 0 Å². The average Bonchev–Trinajstić information content (AvgIpc) is 2.38. The molecular formula is C12H21N3O2S. The summed E-state index contributed by atoms with van der Waals surface area (Å²) in [5, 5.41) is 2.86. The minimum absolute atomic E-state index is 0.229. The number of rotatable bonds is 6. The molecule has 6 heteroatoms. The van der Waals surface area contributed by atoms with Crippen LogP contribution >= 0.6 is 0 Å². The second-order valence-electron chi connectivity index (χ2n) is 4.43. The zero-order chi connectivity index (χ0) is 13.8. The monoisotopic (exact) mass is 271 g/mol. The molecule has 0 saturated carbocycles. The van der Waals surface area contributed by atoms with Crippen molar-refractivity contribution in [2.75, 3.05) is 26.0 Å². The van der Waals surface area contributed by atoms with E-state index < -0.39 is 10.0 Å². The first-order chi connectivity index (χ1) is 8.41. The molecule has 1 N–H and O–H groups in total. The van der Waals surface area contributed by atoms with Gasteiger partial charge in [0.25, 0.3) is 0 Å². The molecule has 102 valence electrons. The van der Waals surface area contributed by atoms with Gasteiger partial charge in [-0.2, -0.15) is 0 Å². The zero-order valence-corrected chi connectivity index (χ0v) is 12.2. The highest BCUT2D eigenvalue weighted by Crippen LogP contribution is 2.16. The highest BCUT2D eigenvalue weighted by Gasteiger charge is 2.22. The van der Waals surface area contributed by atoms with E-state index in [4.69, 9.17) is 0 Å². The lowest BCUT2D eigenvalue weighted by Crippen LogP contribution is -2.31. The van der Waals surface area contributed by atoms with Gasteiger partial charge >= 0.3 is 0 Å². The van der Waals surface area contributed by atoms with Crippen molar-refractivity contribution < 1.29 is 8.42 Å². The first-order valence-electron chi connectivity index (χ1n) is 6.02. The number of hydrogen-bond acceptors (Lipinski definition) is 4. The molecule has 0 aliphatic heterocycles. The van der Waals surface area contributed by atoms with Crippen LogP contribution in [0.3, 0.4) is 0 Å². The maximum atomic E-state index is 12.2. The summed E-state index contributed by atoms with van der Waals surface area (Å²) >= 11 is 0. The topological polar surface area (TPSA) is 62.3 Å². The molecule has 0 saturated heterocycles. The van der Waals surface area contributed by atoms with Crippen LogP contribution < -0.4 is 5.32 Å². The van der Waals surface area contributed by atoms with Crippen LogP contribution in [0.1, 0.15) is 20.3 Å². The third-order valence-electron chi connectivity index (χ3n) is 2.97. The summed E-state index contributed by atoms with van der Waals surface area (Å²) in [6.07, 6.45) is 2.34. The number of aromatic nitrogens is 1. The molecule has 1 rings (SSSR count). The number of nitrogens with zero attached hydrogens (tertiary/aromatic N) is 2. The van der Waals surface area contributed by atoms with Crippen LogP contribution in [0, 0.1) is 5.92 Å². The normalized spacial score (nSPS) is 13.6. The fourth-order valence-electron chi connectivity index (χ4n) is 1.53. The molecular weight excluding hydrogens is 250 g/mol. The smallest absolute Gasteiger partial charge is 0.244 e. The SMILES string of the molecule is CCC(C)CN(C)S(=O)(=O)c1ccc(NC)nc1. The molecule has 5 nitrogen and oxygen atoms in total. The van der Waals surface area contributed by atoms with Crippen LogP contribution in [0.4, 0.5) is 5.82 Å². The number of hydrogen-bond donors (Lipinski definition) is 1. The first-order valence-corrected chi connectivity index (χ1v) is 7.46. The Balaban J connectivity index is 2.90. The molecule has 1 heterocycles. The summed E-state index contributed by atoms with van der Waals surface area (Å²) in [5.74, 6) is 0.993. The van der Waals surface area contributed by atoms with Crippen molar-refractivity contribution in [1.82, 2.24) is 9.29 Å². The van der Waals surface area contributed by atoms with E-state index in [9.17, 15) is 8.42 Å². The molecule has 0 spiro atoms. The largest absolute Gasteiger partial charge is 0.373 e. The Kier molecular flexibility index (Phi) is 5.10. The van der Waals surface area contributed by atoms with Gasteiger partial charge in [0.1, 0.15) is 10.7 Å². The van der Waals surface area contributed by atoms with Crippen LogP contribution in [0.2, 0.25) is 0 Å². The standard InChI is InChI=1S/C12H21N3O2S/c1-5-10(2)9-15(4)18(16,17)11-6-7-12(13-3)14-8-11/h6-8,10H,5,9H2,1-4H3,(H,13,14). The quantitative estimate of drug-likeness (QED) is 0.857. The van der Waals surface area contributed by atoms with Crippen LogP contribution in [0.15, 0.2) is 23.2 Å². The Labute approximate surface area is 109 Å². The number of nitrogens with one attached hydrogen (secondary N) is 1. The van der Waals surface area contributed by atoms with Gasteiger partial charge in [-0.15, -0.1) is 0 Å². The maximum Gasteiger partial charge on any atom is 0.244 e. The molecule has 0 aliphatic rings. The third kappa shape index (κ3) is 3.43. The molecule has 1 aromatic rings. The fraction of sp³-hybridized carbons (Fsp3) is 0.583. The second kappa shape index (κ2) is 6.15. The molecule has 0 amide bonds. The van der Waals surface area contributed by atoms with Gasteiger partial charge < -0.3 is 5.32 Å². The maximum absolute atomic E-state index is 12.2. The average molecular weight is 271 g/mol. The van der Waals surface area contributed by atoms with E-state index in [0.717, 1.165) is 6.42 Å². The zero-order valence-electron chi connectivity index (χ0n) is 11.3. The van der Waals surface area contributed by atoms with E-state index in [1.807, 2.05) is 13.8 Å². The predicted molar refractivity (Wildman–Crippen MR) is 73.1 cm³/mol. The van der Waals surface area contributed by atoms with Crippen molar-refractivity contribution in [2.24, 2.45) is 5.92 Å². The van der Waals surface area contributed by atoms with Crippen molar-refractivity contribution in [1.29, 1.82) is 0 Å². The summed E-state index contributed by atoms with van der Waals surface area (Å²) in [6, 6.07) is 3.23. The van der Waals surface area contributed by atoms with Crippen LogP contribution in [-0.4, -0.2) is 38.3 Å². The Morgan fingerprint density at radius 2 is 2.11 bits per heavy atom. The van der Waals surface area contributed by atoms with E-state index in [1.165, 1.54) is 10.5 Å². The molecule has 0 aliphatic carbocycles. The Morgan fingerprint density at radius 3 is 2.56 bits per heavy atom. The molecule has 0 fully saturated rings. The summed E-state index contributed by atoms with van der Waals surface area (Å²) in [5.41, 5.74) is 0. The highest BCUT2D eigenvalue weighted by molar-refractivity contribution is 7.89. The molecule has 1 aromatic heterocycles. The van der Waals surface area contributed by atoms with Crippen molar-refractivity contribution in [3.63, 3.8) is 0 Å². The Bertz CT molecular complexity index is 471. The van der Waals surface area contributed by atoms with Gasteiger partial charge in [-0.3, -0.25) is 0 Å². The van der Waals surface area contributed by atoms with E-state index >= 15 is 0 Å². The second-order valence-corrected chi connectivity index (χ2v) is 6.47. The van der Waals surface area contributed by atoms with Gasteiger partial charge in [0.2, 0.25) is 10.0 Å². The summed E-state index contributed by atoms with van der Waals surface area (Å²) in [6.45, 7) is 4.61. The Morgan fingerprint density at radius 1 is 1.44 bits per heavy atom. The molecule has 1 unspecified atom stereocenters. The molecule has 0 bridgehead atoms. The van der Waals surface area contributed by atoms with Crippen molar-refractivity contribution in [3.05, 3.63) is 18.3 Å². The Hall–Kier alpha value is -1.14. The minimum atomic E-state index is -3.43. The summed E-state index contributed by atoms with van der Waals surface area (Å²) < 4.78 is 25.9. The summed E-state index contributed by atoms with van der Waals surface area (Å²) in [7, 11) is -0.0798. The van der Waals surface area contributed by atoms with E-state index in [-0.39, 0.29) is 4.90 Å². The van der Waals surface area contributed by atoms with E-state index in [0.29, 0.717) is 18.3 Å². The lowest BCUT2D eigenvalue weighted by Gasteiger charge is -2.20. The van der Waals surface area contributed by atoms with Crippen molar-refractivity contribution in [3.8, 4) is 0 Å². The molecule has 0 aromatic carbocycles. The number of anilines is 1. The first kappa shape index (κ1) is 14.9. The van der Waals surface area contributed by atoms with E-state index in [1.54, 1.807) is 26.2 Å². The predicted octanol–water partition coefficient (Wildman–Crippen LogP) is 1.79. The van der Waals surface area contributed by atoms with Crippen LogP contribution in [0.5, 0.6) is 0 Å². The van der Waals surface area contributed by atoms with Crippen LogP contribution in [0.25, 0.3) is 0 Å².